The van der Waals surface area contributed by atoms with Crippen molar-refractivity contribution in [3.63, 3.8) is 0 Å². The quantitative estimate of drug-likeness (QED) is 0.629. The lowest BCUT2D eigenvalue weighted by Gasteiger charge is -2.19. The van der Waals surface area contributed by atoms with Gasteiger partial charge in [0.25, 0.3) is 0 Å². The minimum Gasteiger partial charge on any atom is -0.355 e. The van der Waals surface area contributed by atoms with Crippen molar-refractivity contribution in [3.05, 3.63) is 29.8 Å². The number of carbonyl (C=O) groups excluding carboxylic acids is 2. The standard InChI is InChI=1S/C18H29N3O4S/c1-6-19-17(23)13(2)21-16(22)11-12-20-26(24,25)15-9-7-14(8-10-15)18(3,4)5/h7-10,13,20H,6,11-12H2,1-5H3,(H,19,23)(H,21,22)/t13-/m0/s1. The molecule has 0 radical (unpaired) electrons. The lowest BCUT2D eigenvalue weighted by Crippen LogP contribution is -2.45. The zero-order valence-electron chi connectivity index (χ0n) is 16.0. The Kier molecular flexibility index (Phi) is 7.77. The Morgan fingerprint density at radius 1 is 1.12 bits per heavy atom. The van der Waals surface area contributed by atoms with Crippen LogP contribution in [0.25, 0.3) is 0 Å². The van der Waals surface area contributed by atoms with Gasteiger partial charge in [0.05, 0.1) is 4.90 Å². The molecule has 1 rings (SSSR count). The number of nitrogens with one attached hydrogen (secondary N) is 3. The second-order valence-corrected chi connectivity index (χ2v) is 8.87. The summed E-state index contributed by atoms with van der Waals surface area (Å²) in [5.74, 6) is -0.671. The number of rotatable bonds is 8. The molecule has 0 saturated heterocycles. The molecule has 0 aromatic heterocycles. The van der Waals surface area contributed by atoms with E-state index in [2.05, 4.69) is 36.1 Å². The first-order valence-electron chi connectivity index (χ1n) is 8.64. The molecule has 1 aromatic carbocycles. The van der Waals surface area contributed by atoms with Gasteiger partial charge in [-0.05, 0) is 37.0 Å². The third kappa shape index (κ3) is 6.76. The van der Waals surface area contributed by atoms with E-state index in [0.717, 1.165) is 5.56 Å². The highest BCUT2D eigenvalue weighted by Gasteiger charge is 2.18. The first-order valence-corrected chi connectivity index (χ1v) is 10.1. The first-order chi connectivity index (χ1) is 12.0. The van der Waals surface area contributed by atoms with Crippen LogP contribution in [0.1, 0.15) is 46.6 Å². The molecule has 0 bridgehead atoms. The van der Waals surface area contributed by atoms with Crippen molar-refractivity contribution < 1.29 is 18.0 Å². The van der Waals surface area contributed by atoms with Gasteiger partial charge in [-0.25, -0.2) is 13.1 Å². The van der Waals surface area contributed by atoms with Crippen LogP contribution in [-0.2, 0) is 25.0 Å². The summed E-state index contributed by atoms with van der Waals surface area (Å²) in [6.07, 6.45) is -0.0525. The molecule has 26 heavy (non-hydrogen) atoms. The normalized spacial score (nSPS) is 13.1. The molecule has 0 unspecified atom stereocenters. The maximum absolute atomic E-state index is 12.3. The maximum atomic E-state index is 12.3. The topological polar surface area (TPSA) is 104 Å². The molecule has 1 atom stereocenters. The predicted octanol–water partition coefficient (Wildman–Crippen LogP) is 1.29. The van der Waals surface area contributed by atoms with E-state index in [0.29, 0.717) is 6.54 Å². The molecule has 0 saturated carbocycles. The Labute approximate surface area is 156 Å². The largest absolute Gasteiger partial charge is 0.355 e. The summed E-state index contributed by atoms with van der Waals surface area (Å²) in [6, 6.07) is 6.02. The number of sulfonamides is 1. The van der Waals surface area contributed by atoms with Crippen molar-refractivity contribution >= 4 is 21.8 Å². The second-order valence-electron chi connectivity index (χ2n) is 7.11. The number of hydrogen-bond donors (Lipinski definition) is 3. The van der Waals surface area contributed by atoms with Gasteiger partial charge in [-0.3, -0.25) is 9.59 Å². The van der Waals surface area contributed by atoms with Crippen molar-refractivity contribution in [2.75, 3.05) is 13.1 Å². The number of likely N-dealkylation sites (N-methyl/N-ethyl adjacent to an activating group) is 1. The van der Waals surface area contributed by atoms with Crippen LogP contribution in [0.4, 0.5) is 0 Å². The summed E-state index contributed by atoms with van der Waals surface area (Å²) in [4.78, 5) is 23.5. The van der Waals surface area contributed by atoms with Gasteiger partial charge in [0.2, 0.25) is 21.8 Å². The number of benzene rings is 1. The van der Waals surface area contributed by atoms with Crippen LogP contribution in [0.2, 0.25) is 0 Å². The van der Waals surface area contributed by atoms with E-state index in [1.165, 1.54) is 0 Å². The van der Waals surface area contributed by atoms with Crippen molar-refractivity contribution in [2.45, 2.75) is 57.4 Å². The van der Waals surface area contributed by atoms with Crippen molar-refractivity contribution in [1.29, 1.82) is 0 Å². The smallest absolute Gasteiger partial charge is 0.242 e. The van der Waals surface area contributed by atoms with E-state index in [-0.39, 0.29) is 29.2 Å². The fourth-order valence-electron chi connectivity index (χ4n) is 2.22. The molecule has 7 nitrogen and oxygen atoms in total. The number of carbonyl (C=O) groups is 2. The van der Waals surface area contributed by atoms with Gasteiger partial charge in [-0.1, -0.05) is 32.9 Å². The third-order valence-corrected chi connectivity index (χ3v) is 5.27. The van der Waals surface area contributed by atoms with E-state index in [1.807, 2.05) is 0 Å². The minimum atomic E-state index is -3.68. The summed E-state index contributed by atoms with van der Waals surface area (Å²) in [5.41, 5.74) is 0.976. The molecule has 8 heteroatoms. The van der Waals surface area contributed by atoms with Gasteiger partial charge in [0.15, 0.2) is 0 Å². The first kappa shape index (κ1) is 22.1. The Bertz CT molecular complexity index is 722. The molecule has 0 heterocycles. The molecular formula is C18H29N3O4S. The molecule has 1 aromatic rings. The Morgan fingerprint density at radius 2 is 1.69 bits per heavy atom. The van der Waals surface area contributed by atoms with E-state index in [9.17, 15) is 18.0 Å². The monoisotopic (exact) mass is 383 g/mol. The summed E-state index contributed by atoms with van der Waals surface area (Å²) >= 11 is 0. The van der Waals surface area contributed by atoms with Crippen LogP contribution in [0.3, 0.4) is 0 Å². The van der Waals surface area contributed by atoms with Crippen LogP contribution in [0.15, 0.2) is 29.2 Å². The molecule has 0 aliphatic rings. The van der Waals surface area contributed by atoms with E-state index >= 15 is 0 Å². The lowest BCUT2D eigenvalue weighted by molar-refractivity contribution is -0.128. The highest BCUT2D eigenvalue weighted by Crippen LogP contribution is 2.23. The van der Waals surface area contributed by atoms with Crippen LogP contribution in [-0.4, -0.2) is 39.4 Å². The van der Waals surface area contributed by atoms with Gasteiger partial charge >= 0.3 is 0 Å². The summed E-state index contributed by atoms with van der Waals surface area (Å²) < 4.78 is 27.0. The van der Waals surface area contributed by atoms with Gasteiger partial charge in [-0.15, -0.1) is 0 Å². The highest BCUT2D eigenvalue weighted by atomic mass is 32.2. The zero-order valence-corrected chi connectivity index (χ0v) is 16.9. The average Bonchev–Trinajstić information content (AvgIpc) is 2.54. The van der Waals surface area contributed by atoms with Gasteiger partial charge in [-0.2, -0.15) is 0 Å². The molecule has 0 spiro atoms. The van der Waals surface area contributed by atoms with Crippen molar-refractivity contribution in [2.24, 2.45) is 0 Å². The zero-order chi connectivity index (χ0) is 20.0. The van der Waals surface area contributed by atoms with Crippen molar-refractivity contribution in [1.82, 2.24) is 15.4 Å². The lowest BCUT2D eigenvalue weighted by atomic mass is 9.87. The molecule has 0 aliphatic heterocycles. The Balaban J connectivity index is 2.56. The maximum Gasteiger partial charge on any atom is 0.242 e. The number of hydrogen-bond acceptors (Lipinski definition) is 4. The van der Waals surface area contributed by atoms with Crippen molar-refractivity contribution in [3.8, 4) is 0 Å². The molecular weight excluding hydrogens is 354 g/mol. The third-order valence-electron chi connectivity index (χ3n) is 3.80. The summed E-state index contributed by atoms with van der Waals surface area (Å²) in [6.45, 7) is 9.95. The number of amides is 2. The van der Waals surface area contributed by atoms with Crippen LogP contribution in [0, 0.1) is 0 Å². The highest BCUT2D eigenvalue weighted by molar-refractivity contribution is 7.89. The predicted molar refractivity (Wildman–Crippen MR) is 101 cm³/mol. The fourth-order valence-corrected chi connectivity index (χ4v) is 3.25. The Morgan fingerprint density at radius 3 is 2.19 bits per heavy atom. The fraction of sp³-hybridized carbons (Fsp3) is 0.556. The second kappa shape index (κ2) is 9.14. The van der Waals surface area contributed by atoms with E-state index < -0.39 is 22.0 Å². The molecule has 146 valence electrons. The minimum absolute atomic E-state index is 0.0443. The molecule has 0 fully saturated rings. The SMILES string of the molecule is CCNC(=O)[C@H](C)NC(=O)CCNS(=O)(=O)c1ccc(C(C)(C)C)cc1. The average molecular weight is 384 g/mol. The van der Waals surface area contributed by atoms with Crippen LogP contribution >= 0.6 is 0 Å². The van der Waals surface area contributed by atoms with Crippen LogP contribution < -0.4 is 15.4 Å². The van der Waals surface area contributed by atoms with E-state index in [4.69, 9.17) is 0 Å². The summed E-state index contributed by atoms with van der Waals surface area (Å²) in [5, 5.41) is 5.13. The van der Waals surface area contributed by atoms with Crippen LogP contribution in [0.5, 0.6) is 0 Å². The Hall–Kier alpha value is -1.93. The molecule has 3 N–H and O–H groups in total. The van der Waals surface area contributed by atoms with Gasteiger partial charge in [0.1, 0.15) is 6.04 Å². The van der Waals surface area contributed by atoms with Gasteiger partial charge < -0.3 is 10.6 Å². The molecule has 2 amide bonds. The van der Waals surface area contributed by atoms with Gasteiger partial charge in [0, 0.05) is 19.5 Å². The molecule has 0 aliphatic carbocycles. The summed E-state index contributed by atoms with van der Waals surface area (Å²) in [7, 11) is -3.68. The van der Waals surface area contributed by atoms with E-state index in [1.54, 1.807) is 38.1 Å².